The van der Waals surface area contributed by atoms with Gasteiger partial charge in [0.1, 0.15) is 11.3 Å². The smallest absolute Gasteiger partial charge is 0.337 e. The maximum Gasteiger partial charge on any atom is 0.337 e. The Kier molecular flexibility index (Phi) is 5.08. The number of ether oxygens (including phenoxy) is 1. The summed E-state index contributed by atoms with van der Waals surface area (Å²) in [6.07, 6.45) is -0.129. The molecule has 2 aromatic heterocycles. The number of carbonyl (C=O) groups is 2. The Morgan fingerprint density at radius 2 is 2.03 bits per heavy atom. The number of fused-ring (bicyclic) bond motifs is 1. The normalized spacial score (nSPS) is 11.0. The van der Waals surface area contributed by atoms with E-state index in [1.165, 1.54) is 18.4 Å². The molecule has 0 saturated carbocycles. The van der Waals surface area contributed by atoms with Crippen LogP contribution in [0.4, 0.5) is 0 Å². The minimum atomic E-state index is -1.12. The third kappa shape index (κ3) is 3.62. The summed E-state index contributed by atoms with van der Waals surface area (Å²) >= 11 is 7.30. The predicted octanol–water partition coefficient (Wildman–Crippen LogP) is 5.34. The fourth-order valence-electron chi connectivity index (χ4n) is 3.01. The van der Waals surface area contributed by atoms with Gasteiger partial charge in [-0.1, -0.05) is 29.8 Å². The van der Waals surface area contributed by atoms with E-state index in [9.17, 15) is 14.7 Å². The SMILES string of the molecule is COc1cc(-c2scc(CC(=O)c3nc4ccccc4o3)c2C(=O)O)ccc1Cl. The number of oxazole rings is 1. The third-order valence-electron chi connectivity index (χ3n) is 4.38. The van der Waals surface area contributed by atoms with E-state index >= 15 is 0 Å². The number of hydrogen-bond acceptors (Lipinski definition) is 6. The molecule has 0 aliphatic rings. The van der Waals surface area contributed by atoms with Crippen LogP contribution in [0.25, 0.3) is 21.5 Å². The maximum atomic E-state index is 12.7. The number of hydrogen-bond donors (Lipinski definition) is 1. The Balaban J connectivity index is 1.69. The summed E-state index contributed by atoms with van der Waals surface area (Å²) in [5.41, 5.74) is 2.21. The minimum absolute atomic E-state index is 0.0385. The van der Waals surface area contributed by atoms with E-state index in [-0.39, 0.29) is 23.7 Å². The number of aromatic nitrogens is 1. The Bertz CT molecular complexity index is 1210. The lowest BCUT2D eigenvalue weighted by Gasteiger charge is -2.07. The summed E-state index contributed by atoms with van der Waals surface area (Å²) in [7, 11) is 1.49. The van der Waals surface area contributed by atoms with Crippen molar-refractivity contribution < 1.29 is 23.8 Å². The van der Waals surface area contributed by atoms with E-state index in [1.54, 1.807) is 47.8 Å². The highest BCUT2D eigenvalue weighted by atomic mass is 35.5. The summed E-state index contributed by atoms with van der Waals surface area (Å²) in [4.78, 5) is 29.3. The number of para-hydroxylation sites is 2. The van der Waals surface area contributed by atoms with Crippen LogP contribution in [0.2, 0.25) is 5.02 Å². The van der Waals surface area contributed by atoms with Crippen LogP contribution in [-0.2, 0) is 6.42 Å². The van der Waals surface area contributed by atoms with E-state index in [2.05, 4.69) is 4.98 Å². The molecule has 1 N–H and O–H groups in total. The summed E-state index contributed by atoms with van der Waals surface area (Å²) in [5, 5.41) is 11.9. The third-order valence-corrected chi connectivity index (χ3v) is 5.77. The van der Waals surface area contributed by atoms with Gasteiger partial charge in [-0.15, -0.1) is 11.3 Å². The standard InChI is InChI=1S/C21H14ClNO5S/c1-27-17-9-11(6-7-13(17)22)19-18(21(25)26)12(10-29-19)8-15(24)20-23-14-4-2-3-5-16(14)28-20/h2-7,9-10H,8H2,1H3,(H,25,26). The monoisotopic (exact) mass is 427 g/mol. The van der Waals surface area contributed by atoms with Crippen molar-refractivity contribution in [3.63, 3.8) is 0 Å². The van der Waals surface area contributed by atoms with Gasteiger partial charge in [-0.25, -0.2) is 9.78 Å². The van der Waals surface area contributed by atoms with Crippen LogP contribution in [0.3, 0.4) is 0 Å². The van der Waals surface area contributed by atoms with Crippen molar-refractivity contribution in [3.8, 4) is 16.2 Å². The largest absolute Gasteiger partial charge is 0.495 e. The van der Waals surface area contributed by atoms with E-state index in [0.717, 1.165) is 0 Å². The first-order valence-electron chi connectivity index (χ1n) is 8.54. The average Bonchev–Trinajstić information content (AvgIpc) is 3.32. The second kappa shape index (κ2) is 7.69. The number of ketones is 1. The maximum absolute atomic E-state index is 12.7. The molecule has 0 amide bonds. The summed E-state index contributed by atoms with van der Waals surface area (Å²) in [6, 6.07) is 12.1. The molecule has 0 aliphatic carbocycles. The second-order valence-electron chi connectivity index (χ2n) is 6.21. The van der Waals surface area contributed by atoms with Gasteiger partial charge in [-0.2, -0.15) is 0 Å². The number of carboxylic acids is 1. The number of thiophene rings is 1. The van der Waals surface area contributed by atoms with Crippen LogP contribution in [0.5, 0.6) is 5.75 Å². The summed E-state index contributed by atoms with van der Waals surface area (Å²) in [5.74, 6) is -1.10. The zero-order chi connectivity index (χ0) is 20.5. The topological polar surface area (TPSA) is 89.6 Å². The van der Waals surface area contributed by atoms with E-state index < -0.39 is 5.97 Å². The number of rotatable bonds is 6. The number of carbonyl (C=O) groups excluding carboxylic acids is 1. The fourth-order valence-corrected chi connectivity index (χ4v) is 4.27. The van der Waals surface area contributed by atoms with E-state index in [4.69, 9.17) is 20.8 Å². The Morgan fingerprint density at radius 1 is 1.24 bits per heavy atom. The zero-order valence-electron chi connectivity index (χ0n) is 15.1. The number of aromatic carboxylic acids is 1. The lowest BCUT2D eigenvalue weighted by atomic mass is 10.0. The molecule has 29 heavy (non-hydrogen) atoms. The number of carboxylic acid groups (broad SMARTS) is 1. The van der Waals surface area contributed by atoms with Gasteiger partial charge >= 0.3 is 5.97 Å². The molecule has 8 heteroatoms. The van der Waals surface area contributed by atoms with Crippen LogP contribution in [-0.4, -0.2) is 29.0 Å². The molecule has 2 heterocycles. The van der Waals surface area contributed by atoms with Gasteiger partial charge < -0.3 is 14.3 Å². The van der Waals surface area contributed by atoms with Gasteiger partial charge in [0.15, 0.2) is 5.58 Å². The molecule has 4 rings (SSSR count). The number of nitrogens with zero attached hydrogens (tertiary/aromatic N) is 1. The lowest BCUT2D eigenvalue weighted by Crippen LogP contribution is -2.08. The molecular formula is C21H14ClNO5S. The number of Topliss-reactive ketones (excluding diaryl/α,β-unsaturated/α-hetero) is 1. The first kappa shape index (κ1) is 19.2. The molecule has 0 aliphatic heterocycles. The fraction of sp³-hybridized carbons (Fsp3) is 0.0952. The molecular weight excluding hydrogens is 414 g/mol. The highest BCUT2D eigenvalue weighted by molar-refractivity contribution is 7.14. The van der Waals surface area contributed by atoms with Crippen LogP contribution in [0, 0.1) is 0 Å². The van der Waals surface area contributed by atoms with Crippen molar-refractivity contribution in [1.82, 2.24) is 4.98 Å². The molecule has 6 nitrogen and oxygen atoms in total. The first-order valence-corrected chi connectivity index (χ1v) is 9.80. The van der Waals surface area contributed by atoms with Crippen molar-refractivity contribution in [2.75, 3.05) is 7.11 Å². The van der Waals surface area contributed by atoms with Crippen LogP contribution < -0.4 is 4.74 Å². The van der Waals surface area contributed by atoms with Crippen molar-refractivity contribution in [3.05, 3.63) is 69.9 Å². The highest BCUT2D eigenvalue weighted by Crippen LogP contribution is 2.37. The van der Waals surface area contributed by atoms with Gasteiger partial charge in [0, 0.05) is 11.3 Å². The molecule has 0 atom stereocenters. The van der Waals surface area contributed by atoms with Crippen LogP contribution >= 0.6 is 22.9 Å². The number of halogens is 1. The molecule has 4 aromatic rings. The summed E-state index contributed by atoms with van der Waals surface area (Å²) < 4.78 is 10.7. The average molecular weight is 428 g/mol. The van der Waals surface area contributed by atoms with Gasteiger partial charge in [0.2, 0.25) is 5.78 Å². The lowest BCUT2D eigenvalue weighted by molar-refractivity contribution is 0.0697. The molecule has 146 valence electrons. The molecule has 0 unspecified atom stereocenters. The summed E-state index contributed by atoms with van der Waals surface area (Å²) in [6.45, 7) is 0. The van der Waals surface area contributed by atoms with Crippen molar-refractivity contribution in [2.24, 2.45) is 0 Å². The Morgan fingerprint density at radius 3 is 2.76 bits per heavy atom. The van der Waals surface area contributed by atoms with Gasteiger partial charge in [0.05, 0.1) is 17.7 Å². The minimum Gasteiger partial charge on any atom is -0.495 e. The van der Waals surface area contributed by atoms with Crippen molar-refractivity contribution in [1.29, 1.82) is 0 Å². The van der Waals surface area contributed by atoms with E-state index in [1.807, 2.05) is 0 Å². The first-order chi connectivity index (χ1) is 14.0. The Labute approximate surface area is 174 Å². The zero-order valence-corrected chi connectivity index (χ0v) is 16.7. The van der Waals surface area contributed by atoms with Crippen LogP contribution in [0.15, 0.2) is 52.3 Å². The molecule has 0 saturated heterocycles. The Hall–Kier alpha value is -3.16. The van der Waals surface area contributed by atoms with Gasteiger partial charge in [-0.05, 0) is 40.8 Å². The molecule has 2 aromatic carbocycles. The van der Waals surface area contributed by atoms with Crippen molar-refractivity contribution >= 4 is 45.8 Å². The second-order valence-corrected chi connectivity index (χ2v) is 7.49. The van der Waals surface area contributed by atoms with Gasteiger partial charge in [0.25, 0.3) is 5.89 Å². The number of methoxy groups -OCH3 is 1. The molecule has 0 radical (unpaired) electrons. The predicted molar refractivity (Wildman–Crippen MR) is 110 cm³/mol. The molecule has 0 spiro atoms. The van der Waals surface area contributed by atoms with Crippen LogP contribution in [0.1, 0.15) is 26.6 Å². The molecule has 0 fully saturated rings. The number of benzene rings is 2. The van der Waals surface area contributed by atoms with E-state index in [0.29, 0.717) is 37.9 Å². The molecule has 0 bridgehead atoms. The highest BCUT2D eigenvalue weighted by Gasteiger charge is 2.24. The van der Waals surface area contributed by atoms with Gasteiger partial charge in [-0.3, -0.25) is 4.79 Å². The van der Waals surface area contributed by atoms with Crippen molar-refractivity contribution in [2.45, 2.75) is 6.42 Å². The quantitative estimate of drug-likeness (QED) is 0.417.